The van der Waals surface area contributed by atoms with Crippen LogP contribution in [0.2, 0.25) is 0 Å². The summed E-state index contributed by atoms with van der Waals surface area (Å²) >= 11 is 0. The van der Waals surface area contributed by atoms with Crippen LogP contribution in [0, 0.1) is 32.5 Å². The minimum Gasteiger partial charge on any atom is -0.368 e. The first-order chi connectivity index (χ1) is 12.7. The van der Waals surface area contributed by atoms with E-state index in [2.05, 4.69) is 125 Å². The van der Waals surface area contributed by atoms with Crippen LogP contribution in [-0.4, -0.2) is 23.4 Å². The predicted molar refractivity (Wildman–Crippen MR) is 132 cm³/mol. The molecule has 0 atom stereocenters. The molecule has 2 heteroatoms. The van der Waals surface area contributed by atoms with Crippen LogP contribution in [0.4, 0.5) is 0 Å². The van der Waals surface area contributed by atoms with Crippen molar-refractivity contribution in [3.63, 3.8) is 0 Å². The lowest BCUT2D eigenvalue weighted by Crippen LogP contribution is -2.85. The highest BCUT2D eigenvalue weighted by Gasteiger charge is 2.78. The van der Waals surface area contributed by atoms with Gasteiger partial charge >= 0.3 is 0 Å². The molecular weight excluding hydrogens is 368 g/mol. The molecule has 0 aliphatic carbocycles. The third kappa shape index (κ3) is 3.51. The van der Waals surface area contributed by atoms with E-state index in [0.717, 1.165) is 0 Å². The molecule has 2 nitrogen and oxygen atoms in total. The van der Waals surface area contributed by atoms with Gasteiger partial charge in [-0.2, -0.15) is 0 Å². The van der Waals surface area contributed by atoms with Crippen LogP contribution in [0.25, 0.3) is 0 Å². The molecule has 0 spiro atoms. The normalized spacial score (nSPS) is 23.4. The van der Waals surface area contributed by atoms with E-state index in [0.29, 0.717) is 6.61 Å². The number of rotatable bonds is 0. The Morgan fingerprint density at radius 1 is 0.400 bits per heavy atom. The maximum atomic E-state index is 7.86. The topological polar surface area (TPSA) is 18.5 Å². The second kappa shape index (κ2) is 6.96. The summed E-state index contributed by atoms with van der Waals surface area (Å²) in [6.45, 7) is 42.7. The largest absolute Gasteiger partial charge is 0.368 e. The molecule has 180 valence electrons. The van der Waals surface area contributed by atoms with Crippen LogP contribution in [0.1, 0.15) is 125 Å². The fraction of sp³-hybridized carbons (Fsp3) is 1.00. The van der Waals surface area contributed by atoms with Gasteiger partial charge in [-0.05, 0) is 32.5 Å². The molecule has 0 aromatic heterocycles. The zero-order valence-electron chi connectivity index (χ0n) is 24.0. The predicted octanol–water partition coefficient (Wildman–Crippen LogP) is 8.53. The van der Waals surface area contributed by atoms with E-state index >= 15 is 0 Å². The Kier molecular flexibility index (Phi) is 6.48. The summed E-state index contributed by atoms with van der Waals surface area (Å²) in [5.41, 5.74) is -2.22. The third-order valence-corrected chi connectivity index (χ3v) is 7.96. The second-order valence-corrected chi connectivity index (χ2v) is 16.1. The zero-order chi connectivity index (χ0) is 24.6. The van der Waals surface area contributed by atoms with E-state index in [9.17, 15) is 0 Å². The van der Waals surface area contributed by atoms with E-state index in [1.54, 1.807) is 0 Å². The third-order valence-electron chi connectivity index (χ3n) is 7.96. The van der Waals surface area contributed by atoms with Crippen molar-refractivity contribution in [2.45, 2.75) is 141 Å². The van der Waals surface area contributed by atoms with Crippen molar-refractivity contribution in [2.24, 2.45) is 32.5 Å². The Morgan fingerprint density at radius 3 is 0.867 bits per heavy atom. The number of hydrogen-bond donors (Lipinski definition) is 0. The number of ether oxygens (including phenoxy) is 2. The average molecular weight is 425 g/mol. The minimum atomic E-state index is -0.539. The van der Waals surface area contributed by atoms with Crippen molar-refractivity contribution < 1.29 is 9.47 Å². The van der Waals surface area contributed by atoms with Crippen LogP contribution in [0.5, 0.6) is 0 Å². The quantitative estimate of drug-likeness (QED) is 0.388. The lowest BCUT2D eigenvalue weighted by molar-refractivity contribution is -0.452. The van der Waals surface area contributed by atoms with Crippen LogP contribution in [0.15, 0.2) is 0 Å². The highest BCUT2D eigenvalue weighted by atomic mass is 16.6. The fourth-order valence-electron chi connectivity index (χ4n) is 7.64. The summed E-state index contributed by atoms with van der Waals surface area (Å²) in [6.07, 6.45) is 0. The molecule has 1 fully saturated rings. The monoisotopic (exact) mass is 424 g/mol. The van der Waals surface area contributed by atoms with Crippen molar-refractivity contribution >= 4 is 0 Å². The molecule has 0 saturated carbocycles. The van der Waals surface area contributed by atoms with Crippen molar-refractivity contribution in [3.8, 4) is 0 Å². The first-order valence-electron chi connectivity index (χ1n) is 12.0. The van der Waals surface area contributed by atoms with E-state index in [4.69, 9.17) is 9.47 Å². The molecule has 1 heterocycles. The zero-order valence-corrected chi connectivity index (χ0v) is 24.0. The smallest absolute Gasteiger partial charge is 0.109 e. The molecule has 30 heavy (non-hydrogen) atoms. The summed E-state index contributed by atoms with van der Waals surface area (Å²) in [5, 5.41) is 0. The second-order valence-electron chi connectivity index (χ2n) is 16.1. The van der Waals surface area contributed by atoms with Gasteiger partial charge in [0.15, 0.2) is 0 Å². The Hall–Kier alpha value is -0.0800. The summed E-state index contributed by atoms with van der Waals surface area (Å²) in [4.78, 5) is 0. The van der Waals surface area contributed by atoms with Gasteiger partial charge in [0.1, 0.15) is 16.8 Å². The van der Waals surface area contributed by atoms with Crippen molar-refractivity contribution in [3.05, 3.63) is 0 Å². The molecule has 0 bridgehead atoms. The molecule has 0 radical (unpaired) electrons. The average Bonchev–Trinajstić information content (AvgIpc) is 2.38. The van der Waals surface area contributed by atoms with Crippen LogP contribution in [-0.2, 0) is 9.47 Å². The molecule has 1 aliphatic heterocycles. The molecule has 1 aliphatic rings. The van der Waals surface area contributed by atoms with Gasteiger partial charge in [0.25, 0.3) is 0 Å². The highest BCUT2D eigenvalue weighted by molar-refractivity contribution is 5.26. The number of hydrogen-bond acceptors (Lipinski definition) is 2. The standard InChI is InChI=1S/C28H56O2/c1-20(2,3)26(21(4,5)6)19-29-27(22(7,8)9,23(10,11)12)28(30-26,24(13,14)15)25(16,17)18/h19H2,1-18H3. The summed E-state index contributed by atoms with van der Waals surface area (Å²) in [5.74, 6) is 0. The molecule has 1 saturated heterocycles. The van der Waals surface area contributed by atoms with Crippen LogP contribution >= 0.6 is 0 Å². The van der Waals surface area contributed by atoms with Gasteiger partial charge in [-0.15, -0.1) is 0 Å². The molecule has 0 aromatic carbocycles. The Balaban J connectivity index is 4.30. The van der Waals surface area contributed by atoms with Crippen molar-refractivity contribution in [2.75, 3.05) is 6.61 Å². The van der Waals surface area contributed by atoms with Gasteiger partial charge in [0.05, 0.1) is 6.61 Å². The van der Waals surface area contributed by atoms with E-state index < -0.39 is 16.8 Å². The molecular formula is C28H56O2. The molecule has 0 N–H and O–H groups in total. The molecule has 0 unspecified atom stereocenters. The fourth-order valence-corrected chi connectivity index (χ4v) is 7.64. The highest BCUT2D eigenvalue weighted by Crippen LogP contribution is 2.70. The molecule has 0 amide bonds. The maximum absolute atomic E-state index is 7.86. The van der Waals surface area contributed by atoms with E-state index in [1.807, 2.05) is 0 Å². The minimum absolute atomic E-state index is 0.0884. The Labute approximate surface area is 190 Å². The van der Waals surface area contributed by atoms with Gasteiger partial charge in [-0.25, -0.2) is 0 Å². The first kappa shape index (κ1) is 28.0. The van der Waals surface area contributed by atoms with Crippen LogP contribution < -0.4 is 0 Å². The van der Waals surface area contributed by atoms with E-state index in [1.165, 1.54) is 0 Å². The van der Waals surface area contributed by atoms with Crippen LogP contribution in [0.3, 0.4) is 0 Å². The molecule has 0 aromatic rings. The first-order valence-corrected chi connectivity index (χ1v) is 12.0. The van der Waals surface area contributed by atoms with Gasteiger partial charge in [0.2, 0.25) is 0 Å². The van der Waals surface area contributed by atoms with Gasteiger partial charge in [0, 0.05) is 0 Å². The lowest BCUT2D eigenvalue weighted by Gasteiger charge is -2.76. The lowest BCUT2D eigenvalue weighted by atomic mass is 9.42. The van der Waals surface area contributed by atoms with Crippen molar-refractivity contribution in [1.82, 2.24) is 0 Å². The SMILES string of the molecule is CC(C)(C)C1(C(C)(C)C)COC(C(C)(C)C)(C(C)(C)C)C(C(C)(C)C)(C(C)(C)C)O1. The van der Waals surface area contributed by atoms with Crippen molar-refractivity contribution in [1.29, 1.82) is 0 Å². The van der Waals surface area contributed by atoms with Gasteiger partial charge < -0.3 is 9.47 Å². The van der Waals surface area contributed by atoms with Gasteiger partial charge in [-0.1, -0.05) is 125 Å². The maximum Gasteiger partial charge on any atom is 0.109 e. The van der Waals surface area contributed by atoms with Gasteiger partial charge in [-0.3, -0.25) is 0 Å². The van der Waals surface area contributed by atoms with E-state index in [-0.39, 0.29) is 32.5 Å². The summed E-state index contributed by atoms with van der Waals surface area (Å²) in [6, 6.07) is 0. The summed E-state index contributed by atoms with van der Waals surface area (Å²) in [7, 11) is 0. The Bertz CT molecular complexity index is 570. The molecule has 1 rings (SSSR count). The summed E-state index contributed by atoms with van der Waals surface area (Å²) < 4.78 is 15.3. The Morgan fingerprint density at radius 2 is 0.667 bits per heavy atom.